The van der Waals surface area contributed by atoms with Gasteiger partial charge in [0, 0.05) is 65.2 Å². The predicted molar refractivity (Wildman–Crippen MR) is 449 cm³/mol. The average Bonchev–Trinajstić information content (AvgIpc) is 1.60. The Bertz CT molecular complexity index is 7310. The molecule has 4 heterocycles. The van der Waals surface area contributed by atoms with Crippen molar-refractivity contribution < 1.29 is 21.9 Å². The Kier molecular flexibility index (Phi) is 10.4. The Labute approximate surface area is 650 Å². The van der Waals surface area contributed by atoms with Crippen LogP contribution in [-0.2, 0) is 16.2 Å². The molecule has 3 nitrogen and oxygen atoms in total. The standard InChI is InChI=1S/C102H70BN3S/c1-100(2,3)71-61-95-98-97(62-71)107-96-64-73(105-92-49-26-20-41-80(92)81-42-21-27-50-93(81)105)54-58-89(96)103(98)88-57-53-72(104-90-47-24-18-39-78(90)79-40-19-25-48-91(79)104)63-94(88)106(95)99-74(65-51-55-86-82(59-65)76-37-16-22-45-84(76)101(86,67-29-8-4-9-30-67)68-31-10-5-11-32-68)43-28-44-75(99)66-52-56-87-83(60-66)77-38-17-23-46-85(77)102(87,69-33-12-6-13-34-69)70-35-14-7-15-36-70/h4-64H,1-3H3/i18D,19D,20D,21D,24D,25D,26D,27D,39D,40D,41D,42D,47D,48D,49D,50D. The minimum atomic E-state index is -0.742. The van der Waals surface area contributed by atoms with Gasteiger partial charge in [-0.2, -0.15) is 0 Å². The van der Waals surface area contributed by atoms with Gasteiger partial charge >= 0.3 is 0 Å². The van der Waals surface area contributed by atoms with Gasteiger partial charge in [0.15, 0.2) is 0 Å². The fourth-order valence-electron chi connectivity index (χ4n) is 18.5. The highest BCUT2D eigenvalue weighted by atomic mass is 32.2. The van der Waals surface area contributed by atoms with Crippen LogP contribution in [0.25, 0.3) is 99.5 Å². The van der Waals surface area contributed by atoms with Gasteiger partial charge in [-0.25, -0.2) is 0 Å². The van der Waals surface area contributed by atoms with E-state index in [1.54, 1.807) is 9.13 Å². The summed E-state index contributed by atoms with van der Waals surface area (Å²) < 4.78 is 153. The molecule has 502 valence electrons. The van der Waals surface area contributed by atoms with Gasteiger partial charge in [-0.3, -0.25) is 0 Å². The van der Waals surface area contributed by atoms with Crippen LogP contribution in [-0.4, -0.2) is 15.8 Å². The van der Waals surface area contributed by atoms with Crippen LogP contribution in [0.2, 0.25) is 0 Å². The number of hydrogen-bond donors (Lipinski definition) is 0. The molecule has 0 atom stereocenters. The summed E-state index contributed by atoms with van der Waals surface area (Å²) in [6, 6.07) is 88.8. The monoisotopic (exact) mass is 1400 g/mol. The zero-order valence-electron chi connectivity index (χ0n) is 74.3. The lowest BCUT2D eigenvalue weighted by Crippen LogP contribution is -2.60. The lowest BCUT2D eigenvalue weighted by atomic mass is 9.34. The van der Waals surface area contributed by atoms with E-state index in [2.05, 4.69) is 262 Å². The third-order valence-corrected chi connectivity index (χ3v) is 24.1. The van der Waals surface area contributed by atoms with Crippen LogP contribution in [0.15, 0.2) is 379 Å². The van der Waals surface area contributed by atoms with Gasteiger partial charge < -0.3 is 14.0 Å². The van der Waals surface area contributed by atoms with Crippen molar-refractivity contribution in [3.63, 3.8) is 0 Å². The first-order valence-electron chi connectivity index (χ1n) is 44.2. The third-order valence-electron chi connectivity index (χ3n) is 23.0. The van der Waals surface area contributed by atoms with Gasteiger partial charge in [-0.1, -0.05) is 335 Å². The van der Waals surface area contributed by atoms with Crippen molar-refractivity contribution >= 4 is 95.5 Å². The maximum Gasteiger partial charge on any atom is 0.249 e. The van der Waals surface area contributed by atoms with E-state index in [-0.39, 0.29) is 43.6 Å². The fourth-order valence-corrected chi connectivity index (χ4v) is 19.8. The van der Waals surface area contributed by atoms with Gasteiger partial charge in [-0.05, 0) is 172 Å². The molecule has 4 aliphatic rings. The van der Waals surface area contributed by atoms with Gasteiger partial charge in [0.2, 0.25) is 6.71 Å². The molecule has 22 rings (SSSR count). The van der Waals surface area contributed by atoms with E-state index in [9.17, 15) is 13.7 Å². The van der Waals surface area contributed by atoms with Crippen molar-refractivity contribution in [1.29, 1.82) is 0 Å². The van der Waals surface area contributed by atoms with Crippen molar-refractivity contribution in [3.05, 3.63) is 420 Å². The second-order valence-corrected chi connectivity index (χ2v) is 30.4. The lowest BCUT2D eigenvalue weighted by molar-refractivity contribution is 0.589. The van der Waals surface area contributed by atoms with Gasteiger partial charge in [0.05, 0.1) is 60.5 Å². The van der Waals surface area contributed by atoms with E-state index in [0.717, 1.165) is 132 Å². The summed E-state index contributed by atoms with van der Waals surface area (Å²) >= 11 is 1.53. The number of para-hydroxylation sites is 5. The van der Waals surface area contributed by atoms with Crippen LogP contribution in [0.4, 0.5) is 17.1 Å². The molecule has 0 spiro atoms. The maximum atomic E-state index is 9.92. The molecule has 18 aromatic rings. The van der Waals surface area contributed by atoms with E-state index >= 15 is 0 Å². The fraction of sp³-hybridized carbons (Fsp3) is 0.0588. The highest BCUT2D eigenvalue weighted by molar-refractivity contribution is 8.00. The number of fused-ring (bicyclic) bond motifs is 16. The van der Waals surface area contributed by atoms with Crippen molar-refractivity contribution in [2.75, 3.05) is 4.90 Å². The topological polar surface area (TPSA) is 13.1 Å². The third kappa shape index (κ3) is 8.81. The molecule has 2 aliphatic heterocycles. The number of aromatic nitrogens is 2. The van der Waals surface area contributed by atoms with Crippen LogP contribution >= 0.6 is 11.8 Å². The molecule has 16 aromatic carbocycles. The van der Waals surface area contributed by atoms with Crippen LogP contribution in [0.3, 0.4) is 0 Å². The zero-order chi connectivity index (χ0) is 84.8. The molecule has 0 amide bonds. The normalized spacial score (nSPS) is 16.1. The molecule has 0 unspecified atom stereocenters. The Morgan fingerprint density at radius 2 is 0.720 bits per heavy atom. The zero-order valence-corrected chi connectivity index (χ0v) is 59.1. The molecule has 0 saturated heterocycles. The molecule has 0 radical (unpaired) electrons. The summed E-state index contributed by atoms with van der Waals surface area (Å²) in [5, 5.41) is -0.221. The van der Waals surface area contributed by atoms with E-state index in [4.69, 9.17) is 8.22 Å². The molecule has 107 heavy (non-hydrogen) atoms. The molecule has 0 N–H and O–H groups in total. The first kappa shape index (κ1) is 47.6. The number of hydrogen-bond acceptors (Lipinski definition) is 2. The first-order chi connectivity index (χ1) is 59.4. The summed E-state index contributed by atoms with van der Waals surface area (Å²) in [4.78, 5) is 3.98. The van der Waals surface area contributed by atoms with Crippen LogP contribution in [0.5, 0.6) is 0 Å². The van der Waals surface area contributed by atoms with Crippen molar-refractivity contribution in [1.82, 2.24) is 9.13 Å². The number of benzene rings is 16. The van der Waals surface area contributed by atoms with Crippen molar-refractivity contribution in [2.24, 2.45) is 0 Å². The summed E-state index contributed by atoms with van der Waals surface area (Å²) in [7, 11) is 0. The second-order valence-electron chi connectivity index (χ2n) is 29.3. The molecule has 0 fully saturated rings. The SMILES string of the molecule is [2H]c1c([2H])c([2H])c2c(c1[2H])c1c([2H])c([2H])c([2H])c([2H])c1n2-c1ccc2c(c1)Sc1cc(C(C)(C)C)cc3c1B2c1ccc(-n2c4c([2H])c([2H])c([2H])c([2H])c4c4c([2H])c([2H])c([2H])c([2H])c42)cc1N3c1c(-c2ccc3c(c2)-c2ccccc2C3(c2ccccc2)c2ccccc2)cccc1-c1ccc2c(c1)-c1ccccc1C2(c1ccccc1)c1ccccc1. The Hall–Kier alpha value is -12.7. The van der Waals surface area contributed by atoms with Crippen molar-refractivity contribution in [3.8, 4) is 55.9 Å². The van der Waals surface area contributed by atoms with Crippen LogP contribution in [0, 0.1) is 0 Å². The highest BCUT2D eigenvalue weighted by Crippen LogP contribution is 2.61. The smallest absolute Gasteiger partial charge is 0.249 e. The molecular weight excluding hydrogens is 1310 g/mol. The number of rotatable bonds is 9. The van der Waals surface area contributed by atoms with E-state index in [1.807, 2.05) is 36.4 Å². The molecular formula is C102H70BN3S. The molecule has 2 aromatic heterocycles. The van der Waals surface area contributed by atoms with E-state index in [0.29, 0.717) is 17.1 Å². The summed E-state index contributed by atoms with van der Waals surface area (Å²) in [5.41, 5.74) is 20.8. The van der Waals surface area contributed by atoms with Gasteiger partial charge in [0.1, 0.15) is 0 Å². The van der Waals surface area contributed by atoms with Crippen molar-refractivity contribution in [2.45, 2.75) is 46.8 Å². The first-order valence-corrected chi connectivity index (χ1v) is 37.0. The van der Waals surface area contributed by atoms with Gasteiger partial charge in [0.25, 0.3) is 0 Å². The minimum absolute atomic E-state index is 0.0134. The number of anilines is 3. The second kappa shape index (κ2) is 23.4. The highest BCUT2D eigenvalue weighted by Gasteiger charge is 2.49. The van der Waals surface area contributed by atoms with Gasteiger partial charge in [-0.15, -0.1) is 0 Å². The molecule has 2 aliphatic carbocycles. The van der Waals surface area contributed by atoms with E-state index in [1.165, 1.54) is 11.8 Å². The Morgan fingerprint density at radius 1 is 0.327 bits per heavy atom. The summed E-state index contributed by atoms with van der Waals surface area (Å²) in [6.07, 6.45) is 0. The lowest BCUT2D eigenvalue weighted by Gasteiger charge is -2.43. The number of nitrogens with zero attached hydrogens (tertiary/aromatic N) is 3. The largest absolute Gasteiger partial charge is 0.310 e. The van der Waals surface area contributed by atoms with E-state index < -0.39 is 120 Å². The molecule has 0 bridgehead atoms. The Morgan fingerprint density at radius 3 is 1.17 bits per heavy atom. The Balaban J connectivity index is 0.874. The average molecular weight is 1400 g/mol. The quantitative estimate of drug-likeness (QED) is 0.134. The molecule has 0 saturated carbocycles. The minimum Gasteiger partial charge on any atom is -0.310 e. The summed E-state index contributed by atoms with van der Waals surface area (Å²) in [5.74, 6) is 0. The molecule has 5 heteroatoms. The van der Waals surface area contributed by atoms with Crippen LogP contribution in [0.1, 0.15) is 92.8 Å². The predicted octanol–water partition coefficient (Wildman–Crippen LogP) is 24.0. The maximum absolute atomic E-state index is 9.92. The van der Waals surface area contributed by atoms with Crippen LogP contribution < -0.4 is 21.3 Å². The summed E-state index contributed by atoms with van der Waals surface area (Å²) in [6.45, 7) is 5.88.